The molecule has 1 amide bonds. The Morgan fingerprint density at radius 2 is 1.84 bits per heavy atom. The molecule has 4 aliphatic rings. The van der Waals surface area contributed by atoms with Gasteiger partial charge in [0.25, 0.3) is 0 Å². The van der Waals surface area contributed by atoms with Gasteiger partial charge in [0.2, 0.25) is 5.91 Å². The molecule has 5 heterocycles. The standard InChI is InChI=1S/C26H27N5O/c1-30-11-19-13-31(14-20(19)12-30)15-21-5-4-16-7-17-9-26(10-18(17)8-23(16)28-21)22-3-2-6-27-24(22)29-25(26)32/h2-8,19-20H,9-15H2,1H3,(H,27,29,32). The lowest BCUT2D eigenvalue weighted by molar-refractivity contribution is -0.120. The van der Waals surface area contributed by atoms with Gasteiger partial charge in [-0.25, -0.2) is 4.98 Å². The highest BCUT2D eigenvalue weighted by Gasteiger charge is 2.51. The van der Waals surface area contributed by atoms with Gasteiger partial charge in [0.05, 0.1) is 16.6 Å². The second-order valence-electron chi connectivity index (χ2n) is 10.3. The number of amides is 1. The minimum atomic E-state index is -0.521. The van der Waals surface area contributed by atoms with Gasteiger partial charge in [-0.05, 0) is 67.1 Å². The molecule has 0 radical (unpaired) electrons. The molecule has 6 nitrogen and oxygen atoms in total. The molecule has 3 unspecified atom stereocenters. The van der Waals surface area contributed by atoms with E-state index >= 15 is 0 Å². The first-order valence-electron chi connectivity index (χ1n) is 11.7. The van der Waals surface area contributed by atoms with Crippen molar-refractivity contribution in [3.8, 4) is 0 Å². The number of rotatable bonds is 2. The van der Waals surface area contributed by atoms with Crippen LogP contribution in [0.25, 0.3) is 10.9 Å². The van der Waals surface area contributed by atoms with Crippen LogP contribution in [0.2, 0.25) is 0 Å². The Kier molecular flexibility index (Phi) is 3.85. The molecule has 2 aromatic heterocycles. The van der Waals surface area contributed by atoms with E-state index < -0.39 is 5.41 Å². The fraction of sp³-hybridized carbons (Fsp3) is 0.423. The Balaban J connectivity index is 1.17. The third-order valence-corrected chi connectivity index (χ3v) is 8.17. The number of hydrogen-bond acceptors (Lipinski definition) is 5. The Morgan fingerprint density at radius 1 is 1.06 bits per heavy atom. The maximum absolute atomic E-state index is 13.0. The second kappa shape index (κ2) is 6.59. The molecule has 0 bridgehead atoms. The van der Waals surface area contributed by atoms with Crippen molar-refractivity contribution in [2.24, 2.45) is 11.8 Å². The van der Waals surface area contributed by atoms with Gasteiger partial charge >= 0.3 is 0 Å². The van der Waals surface area contributed by atoms with Gasteiger partial charge in [-0.1, -0.05) is 12.1 Å². The number of anilines is 1. The summed E-state index contributed by atoms with van der Waals surface area (Å²) in [4.78, 5) is 27.5. The van der Waals surface area contributed by atoms with Gasteiger partial charge in [-0.15, -0.1) is 0 Å². The number of nitrogens with one attached hydrogen (secondary N) is 1. The Morgan fingerprint density at radius 3 is 2.66 bits per heavy atom. The molecule has 1 aliphatic carbocycles. The summed E-state index contributed by atoms with van der Waals surface area (Å²) in [7, 11) is 2.24. The minimum absolute atomic E-state index is 0.0744. The summed E-state index contributed by atoms with van der Waals surface area (Å²) in [6.07, 6.45) is 3.19. The number of pyridine rings is 2. The van der Waals surface area contributed by atoms with Gasteiger partial charge in [0.15, 0.2) is 0 Å². The van der Waals surface area contributed by atoms with Crippen molar-refractivity contribution in [1.29, 1.82) is 0 Å². The van der Waals surface area contributed by atoms with Crippen LogP contribution < -0.4 is 5.32 Å². The van der Waals surface area contributed by atoms with E-state index in [0.29, 0.717) is 0 Å². The van der Waals surface area contributed by atoms with Crippen molar-refractivity contribution >= 4 is 22.6 Å². The third-order valence-electron chi connectivity index (χ3n) is 8.17. The van der Waals surface area contributed by atoms with Crippen LogP contribution in [0, 0.1) is 11.8 Å². The first-order chi connectivity index (χ1) is 15.6. The lowest BCUT2D eigenvalue weighted by Gasteiger charge is -2.20. The molecule has 3 aliphatic heterocycles. The summed E-state index contributed by atoms with van der Waals surface area (Å²) in [5, 5.41) is 4.16. The largest absolute Gasteiger partial charge is 0.310 e. The zero-order valence-corrected chi connectivity index (χ0v) is 18.3. The van der Waals surface area contributed by atoms with Crippen LogP contribution in [0.4, 0.5) is 5.82 Å². The molecule has 1 aromatic carbocycles. The van der Waals surface area contributed by atoms with Crippen molar-refractivity contribution in [1.82, 2.24) is 19.8 Å². The number of likely N-dealkylation sites (tertiary alicyclic amines) is 2. The molecule has 162 valence electrons. The van der Waals surface area contributed by atoms with Crippen LogP contribution in [0.15, 0.2) is 42.6 Å². The van der Waals surface area contributed by atoms with Crippen molar-refractivity contribution in [2.45, 2.75) is 24.8 Å². The summed E-state index contributed by atoms with van der Waals surface area (Å²) in [5.74, 6) is 2.42. The van der Waals surface area contributed by atoms with E-state index in [-0.39, 0.29) is 5.91 Å². The third kappa shape index (κ3) is 2.69. The summed E-state index contributed by atoms with van der Waals surface area (Å²) in [6.45, 7) is 5.75. The number of carbonyl (C=O) groups is 1. The molecule has 3 aromatic rings. The Bertz CT molecular complexity index is 1260. The van der Waals surface area contributed by atoms with E-state index in [1.165, 1.54) is 37.3 Å². The number of nitrogens with zero attached hydrogens (tertiary/aromatic N) is 4. The van der Waals surface area contributed by atoms with E-state index in [1.54, 1.807) is 6.20 Å². The quantitative estimate of drug-likeness (QED) is 0.684. The average Bonchev–Trinajstić information content (AvgIpc) is 3.48. The van der Waals surface area contributed by atoms with Crippen LogP contribution >= 0.6 is 0 Å². The van der Waals surface area contributed by atoms with Crippen molar-refractivity contribution in [3.63, 3.8) is 0 Å². The molecular weight excluding hydrogens is 398 g/mol. The number of carbonyl (C=O) groups excluding carboxylic acids is 1. The minimum Gasteiger partial charge on any atom is -0.310 e. The molecule has 3 atom stereocenters. The maximum Gasteiger partial charge on any atom is 0.237 e. The number of hydrogen-bond donors (Lipinski definition) is 1. The first-order valence-corrected chi connectivity index (χ1v) is 11.7. The second-order valence-corrected chi connectivity index (χ2v) is 10.3. The Labute approximate surface area is 187 Å². The summed E-state index contributed by atoms with van der Waals surface area (Å²) < 4.78 is 0. The molecule has 2 fully saturated rings. The molecule has 32 heavy (non-hydrogen) atoms. The molecule has 6 heteroatoms. The highest BCUT2D eigenvalue weighted by Crippen LogP contribution is 2.47. The first kappa shape index (κ1) is 18.7. The van der Waals surface area contributed by atoms with Crippen LogP contribution in [-0.2, 0) is 29.6 Å². The summed E-state index contributed by atoms with van der Waals surface area (Å²) in [5.41, 5.74) is 5.20. The van der Waals surface area contributed by atoms with Gasteiger partial charge in [-0.3, -0.25) is 14.7 Å². The topological polar surface area (TPSA) is 61.4 Å². The zero-order valence-electron chi connectivity index (χ0n) is 18.3. The molecule has 1 N–H and O–H groups in total. The monoisotopic (exact) mass is 425 g/mol. The van der Waals surface area contributed by atoms with Crippen molar-refractivity contribution in [3.05, 3.63) is 65.0 Å². The van der Waals surface area contributed by atoms with Gasteiger partial charge in [0, 0.05) is 49.9 Å². The predicted molar refractivity (Wildman–Crippen MR) is 123 cm³/mol. The average molecular weight is 426 g/mol. The van der Waals surface area contributed by atoms with E-state index in [1.807, 2.05) is 12.1 Å². The van der Waals surface area contributed by atoms with Crippen LogP contribution in [-0.4, -0.2) is 58.9 Å². The van der Waals surface area contributed by atoms with Crippen LogP contribution in [0.5, 0.6) is 0 Å². The van der Waals surface area contributed by atoms with Gasteiger partial charge in [-0.2, -0.15) is 0 Å². The predicted octanol–water partition coefficient (Wildman–Crippen LogP) is 2.61. The van der Waals surface area contributed by atoms with E-state index in [0.717, 1.165) is 59.2 Å². The van der Waals surface area contributed by atoms with Gasteiger partial charge in [0.1, 0.15) is 5.82 Å². The fourth-order valence-corrected chi connectivity index (χ4v) is 6.71. The fourth-order valence-electron chi connectivity index (χ4n) is 6.71. The maximum atomic E-state index is 13.0. The molecule has 2 saturated heterocycles. The summed E-state index contributed by atoms with van der Waals surface area (Å²) in [6, 6.07) is 12.8. The normalized spacial score (nSPS) is 29.0. The number of aromatic nitrogens is 2. The van der Waals surface area contributed by atoms with Crippen molar-refractivity contribution in [2.75, 3.05) is 38.5 Å². The number of fused-ring (bicyclic) bond motifs is 5. The number of benzene rings is 1. The lowest BCUT2D eigenvalue weighted by Crippen LogP contribution is -2.35. The highest BCUT2D eigenvalue weighted by molar-refractivity contribution is 6.06. The molecule has 7 rings (SSSR count). The molecular formula is C26H27N5O. The molecule has 1 spiro atoms. The Hall–Kier alpha value is -2.83. The highest BCUT2D eigenvalue weighted by atomic mass is 16.2. The van der Waals surface area contributed by atoms with E-state index in [9.17, 15) is 4.79 Å². The van der Waals surface area contributed by atoms with Crippen LogP contribution in [0.3, 0.4) is 0 Å². The van der Waals surface area contributed by atoms with Crippen LogP contribution in [0.1, 0.15) is 22.4 Å². The smallest absolute Gasteiger partial charge is 0.237 e. The molecule has 0 saturated carbocycles. The lowest BCUT2D eigenvalue weighted by atomic mass is 9.79. The van der Waals surface area contributed by atoms with Gasteiger partial charge < -0.3 is 10.2 Å². The summed E-state index contributed by atoms with van der Waals surface area (Å²) >= 11 is 0. The van der Waals surface area contributed by atoms with E-state index in [4.69, 9.17) is 4.98 Å². The van der Waals surface area contributed by atoms with E-state index in [2.05, 4.69) is 51.4 Å². The zero-order chi connectivity index (χ0) is 21.4. The SMILES string of the molecule is CN1CC2CN(Cc3ccc4cc5c(cc4n3)CC3(C5)C(=O)Nc4ncccc43)CC2C1. The van der Waals surface area contributed by atoms with Crippen molar-refractivity contribution < 1.29 is 4.79 Å².